The maximum absolute atomic E-state index is 9.83. The Kier molecular flexibility index (Phi) is 4.18. The van der Waals surface area contributed by atoms with E-state index in [0.717, 1.165) is 35.6 Å². The van der Waals surface area contributed by atoms with Crippen LogP contribution in [0.3, 0.4) is 0 Å². The molecule has 2 aromatic rings. The van der Waals surface area contributed by atoms with Gasteiger partial charge in [-0.2, -0.15) is 0 Å². The summed E-state index contributed by atoms with van der Waals surface area (Å²) in [6.07, 6.45) is 2.96. The van der Waals surface area contributed by atoms with Gasteiger partial charge in [0.2, 0.25) is 0 Å². The van der Waals surface area contributed by atoms with Crippen LogP contribution >= 0.6 is 0 Å². The summed E-state index contributed by atoms with van der Waals surface area (Å²) in [4.78, 5) is 0. The van der Waals surface area contributed by atoms with E-state index in [9.17, 15) is 5.11 Å². The van der Waals surface area contributed by atoms with Crippen molar-refractivity contribution in [1.29, 1.82) is 0 Å². The zero-order valence-corrected chi connectivity index (χ0v) is 10.5. The van der Waals surface area contributed by atoms with Gasteiger partial charge >= 0.3 is 0 Å². The zero-order valence-electron chi connectivity index (χ0n) is 10.5. The number of fused-ring (bicyclic) bond motifs is 1. The minimum Gasteiger partial charge on any atom is -0.507 e. The van der Waals surface area contributed by atoms with Crippen molar-refractivity contribution in [1.82, 2.24) is 0 Å². The van der Waals surface area contributed by atoms with Crippen LogP contribution in [0.5, 0.6) is 5.75 Å². The Morgan fingerprint density at radius 3 is 2.44 bits per heavy atom. The van der Waals surface area contributed by atoms with E-state index in [1.165, 1.54) is 0 Å². The maximum Gasteiger partial charge on any atom is 0.123 e. The van der Waals surface area contributed by atoms with Gasteiger partial charge in [0.1, 0.15) is 5.75 Å². The fourth-order valence-corrected chi connectivity index (χ4v) is 2.29. The molecule has 0 spiro atoms. The van der Waals surface area contributed by atoms with Crippen molar-refractivity contribution in [3.05, 3.63) is 42.0 Å². The van der Waals surface area contributed by atoms with E-state index < -0.39 is 0 Å². The Bertz CT molecular complexity index is 525. The summed E-state index contributed by atoms with van der Waals surface area (Å²) in [5.74, 6) is 0.309. The number of nitrogens with two attached hydrogens (primary N) is 2. The molecule has 0 aliphatic carbocycles. The molecule has 0 amide bonds. The highest BCUT2D eigenvalue weighted by Gasteiger charge is 2.11. The van der Waals surface area contributed by atoms with Gasteiger partial charge in [0.15, 0.2) is 0 Å². The maximum atomic E-state index is 9.83. The van der Waals surface area contributed by atoms with Crippen molar-refractivity contribution in [3.8, 4) is 5.75 Å². The van der Waals surface area contributed by atoms with Crippen LogP contribution in [-0.4, -0.2) is 11.7 Å². The molecule has 0 radical (unpaired) electrons. The zero-order chi connectivity index (χ0) is 13.0. The second-order valence-corrected chi connectivity index (χ2v) is 4.61. The average molecular weight is 244 g/mol. The molecule has 0 unspecified atom stereocenters. The topological polar surface area (TPSA) is 72.3 Å². The van der Waals surface area contributed by atoms with E-state index in [4.69, 9.17) is 11.5 Å². The molecular weight excluding hydrogens is 224 g/mol. The lowest BCUT2D eigenvalue weighted by molar-refractivity contribution is 0.481. The lowest BCUT2D eigenvalue weighted by Gasteiger charge is -2.15. The molecular formula is C15H20N2O. The van der Waals surface area contributed by atoms with Crippen LogP contribution in [0.2, 0.25) is 0 Å². The number of unbranched alkanes of at least 4 members (excludes halogenated alkanes) is 1. The van der Waals surface area contributed by atoms with Gasteiger partial charge in [-0.25, -0.2) is 0 Å². The number of aromatic hydroxyl groups is 1. The standard InChI is InChI=1S/C15H20N2O/c16-10-4-3-7-14(17)12-8-9-15(18)13-6-2-1-5-11(12)13/h1-2,5-6,8-9,14,18H,3-4,7,10,16-17H2/t14-/m0/s1. The van der Waals surface area contributed by atoms with Crippen LogP contribution in [0.4, 0.5) is 0 Å². The third-order valence-electron chi connectivity index (χ3n) is 3.30. The Hall–Kier alpha value is -1.58. The largest absolute Gasteiger partial charge is 0.507 e. The summed E-state index contributed by atoms with van der Waals surface area (Å²) in [5.41, 5.74) is 12.8. The Balaban J connectivity index is 2.30. The van der Waals surface area contributed by atoms with Crippen LogP contribution in [0.25, 0.3) is 10.8 Å². The number of rotatable bonds is 5. The van der Waals surface area contributed by atoms with Crippen molar-refractivity contribution in [2.75, 3.05) is 6.54 Å². The van der Waals surface area contributed by atoms with Gasteiger partial charge in [-0.15, -0.1) is 0 Å². The summed E-state index contributed by atoms with van der Waals surface area (Å²) in [6, 6.07) is 11.5. The van der Waals surface area contributed by atoms with Crippen LogP contribution in [0.1, 0.15) is 30.9 Å². The van der Waals surface area contributed by atoms with Crippen LogP contribution in [0, 0.1) is 0 Å². The van der Waals surface area contributed by atoms with E-state index >= 15 is 0 Å². The first-order valence-electron chi connectivity index (χ1n) is 6.40. The van der Waals surface area contributed by atoms with E-state index in [0.29, 0.717) is 12.3 Å². The highest BCUT2D eigenvalue weighted by Crippen LogP contribution is 2.31. The monoisotopic (exact) mass is 244 g/mol. The van der Waals surface area contributed by atoms with Gasteiger partial charge in [0, 0.05) is 11.4 Å². The van der Waals surface area contributed by atoms with Crippen molar-refractivity contribution in [2.45, 2.75) is 25.3 Å². The number of benzene rings is 2. The smallest absolute Gasteiger partial charge is 0.123 e. The van der Waals surface area contributed by atoms with Crippen LogP contribution in [-0.2, 0) is 0 Å². The van der Waals surface area contributed by atoms with Crippen LogP contribution < -0.4 is 11.5 Å². The van der Waals surface area contributed by atoms with Crippen molar-refractivity contribution < 1.29 is 5.11 Å². The molecule has 1 atom stereocenters. The second-order valence-electron chi connectivity index (χ2n) is 4.61. The van der Waals surface area contributed by atoms with E-state index in [-0.39, 0.29) is 6.04 Å². The predicted molar refractivity (Wildman–Crippen MR) is 75.4 cm³/mol. The second kappa shape index (κ2) is 5.85. The quantitative estimate of drug-likeness (QED) is 0.708. The normalized spacial score (nSPS) is 12.8. The number of hydrogen-bond acceptors (Lipinski definition) is 3. The Morgan fingerprint density at radius 2 is 1.72 bits per heavy atom. The molecule has 0 saturated carbocycles. The third kappa shape index (κ3) is 2.63. The molecule has 0 aliphatic rings. The number of hydrogen-bond donors (Lipinski definition) is 3. The van der Waals surface area contributed by atoms with Gasteiger partial charge < -0.3 is 16.6 Å². The fraction of sp³-hybridized carbons (Fsp3) is 0.333. The van der Waals surface area contributed by atoms with Gasteiger partial charge in [-0.05, 0) is 36.4 Å². The minimum atomic E-state index is 0.00190. The molecule has 0 fully saturated rings. The molecule has 2 aromatic carbocycles. The summed E-state index contributed by atoms with van der Waals surface area (Å²) in [5, 5.41) is 11.7. The third-order valence-corrected chi connectivity index (χ3v) is 3.30. The fourth-order valence-electron chi connectivity index (χ4n) is 2.29. The summed E-state index contributed by atoms with van der Waals surface area (Å²) in [6.45, 7) is 0.711. The molecule has 2 rings (SSSR count). The lowest BCUT2D eigenvalue weighted by Crippen LogP contribution is -2.11. The lowest BCUT2D eigenvalue weighted by atomic mass is 9.95. The van der Waals surface area contributed by atoms with E-state index in [2.05, 4.69) is 0 Å². The molecule has 0 aromatic heterocycles. The van der Waals surface area contributed by atoms with Gasteiger partial charge in [-0.3, -0.25) is 0 Å². The average Bonchev–Trinajstić information content (AvgIpc) is 2.39. The van der Waals surface area contributed by atoms with Crippen molar-refractivity contribution in [2.24, 2.45) is 11.5 Å². The molecule has 0 bridgehead atoms. The molecule has 3 heteroatoms. The van der Waals surface area contributed by atoms with Crippen molar-refractivity contribution in [3.63, 3.8) is 0 Å². The number of phenolic OH excluding ortho intramolecular Hbond substituents is 1. The molecule has 0 heterocycles. The summed E-state index contributed by atoms with van der Waals surface area (Å²) >= 11 is 0. The Morgan fingerprint density at radius 1 is 1.00 bits per heavy atom. The van der Waals surface area contributed by atoms with Gasteiger partial charge in [0.05, 0.1) is 0 Å². The van der Waals surface area contributed by atoms with Crippen LogP contribution in [0.15, 0.2) is 36.4 Å². The number of phenols is 1. The highest BCUT2D eigenvalue weighted by atomic mass is 16.3. The molecule has 0 aliphatic heterocycles. The first-order chi connectivity index (χ1) is 8.74. The predicted octanol–water partition coefficient (Wildman–Crippen LogP) is 2.67. The summed E-state index contributed by atoms with van der Waals surface area (Å²) in [7, 11) is 0. The molecule has 18 heavy (non-hydrogen) atoms. The SMILES string of the molecule is NCCCC[C@H](N)c1ccc(O)c2ccccc12. The first kappa shape index (κ1) is 12.9. The molecule has 5 N–H and O–H groups in total. The van der Waals surface area contributed by atoms with Crippen molar-refractivity contribution >= 4 is 10.8 Å². The van der Waals surface area contributed by atoms with Gasteiger partial charge in [0.25, 0.3) is 0 Å². The van der Waals surface area contributed by atoms with Gasteiger partial charge in [-0.1, -0.05) is 36.8 Å². The highest BCUT2D eigenvalue weighted by molar-refractivity contribution is 5.91. The molecule has 0 saturated heterocycles. The van der Waals surface area contributed by atoms with E-state index in [1.54, 1.807) is 6.07 Å². The minimum absolute atomic E-state index is 0.00190. The summed E-state index contributed by atoms with van der Waals surface area (Å²) < 4.78 is 0. The first-order valence-corrected chi connectivity index (χ1v) is 6.40. The molecule has 3 nitrogen and oxygen atoms in total. The molecule has 96 valence electrons. The Labute approximate surface area is 107 Å². The van der Waals surface area contributed by atoms with E-state index in [1.807, 2.05) is 30.3 Å².